The Morgan fingerprint density at radius 1 is 1.36 bits per heavy atom. The second-order valence-electron chi connectivity index (χ2n) is 3.38. The quantitative estimate of drug-likeness (QED) is 0.769. The lowest BCUT2D eigenvalue weighted by molar-refractivity contribution is -0.114. The molecule has 1 aliphatic carbocycles. The van der Waals surface area contributed by atoms with Gasteiger partial charge in [0.25, 0.3) is 0 Å². The molecule has 14 heavy (non-hydrogen) atoms. The molecule has 1 aliphatic rings. The third-order valence-corrected chi connectivity index (χ3v) is 2.38. The van der Waals surface area contributed by atoms with Gasteiger partial charge in [-0.15, -0.1) is 0 Å². The Labute approximate surface area is 83.6 Å². The molecule has 0 saturated carbocycles. The van der Waals surface area contributed by atoms with Crippen molar-refractivity contribution >= 4 is 17.5 Å². The van der Waals surface area contributed by atoms with E-state index in [4.69, 9.17) is 0 Å². The zero-order chi connectivity index (χ0) is 9.97. The largest absolute Gasteiger partial charge is 0.385 e. The lowest BCUT2D eigenvalue weighted by Gasteiger charge is -2.15. The fourth-order valence-electron chi connectivity index (χ4n) is 1.73. The third-order valence-electron chi connectivity index (χ3n) is 2.38. The molecule has 0 heterocycles. The van der Waals surface area contributed by atoms with E-state index < -0.39 is 0 Å². The predicted molar refractivity (Wildman–Crippen MR) is 58.4 cm³/mol. The average molecular weight is 187 g/mol. The maximum atomic E-state index is 11.3. The number of fused-ring (bicyclic) bond motifs is 1. The van der Waals surface area contributed by atoms with Crippen LogP contribution in [0.2, 0.25) is 0 Å². The molecule has 0 fully saturated rings. The third kappa shape index (κ3) is 1.55. The molecule has 0 spiro atoms. The van der Waals surface area contributed by atoms with Crippen molar-refractivity contribution in [1.29, 1.82) is 0 Å². The molecule has 1 aromatic rings. The maximum Gasteiger partial charge on any atom is 0.160 e. The zero-order valence-corrected chi connectivity index (χ0v) is 8.21. The monoisotopic (exact) mass is 187 g/mol. The maximum absolute atomic E-state index is 11.3. The van der Waals surface area contributed by atoms with E-state index in [0.717, 1.165) is 23.4 Å². The van der Waals surface area contributed by atoms with Crippen LogP contribution in [-0.4, -0.2) is 12.3 Å². The first-order valence-electron chi connectivity index (χ1n) is 4.88. The van der Waals surface area contributed by atoms with E-state index in [9.17, 15) is 4.79 Å². The highest BCUT2D eigenvalue weighted by Crippen LogP contribution is 2.25. The van der Waals surface area contributed by atoms with E-state index in [2.05, 4.69) is 12.2 Å². The van der Waals surface area contributed by atoms with Crippen molar-refractivity contribution in [2.24, 2.45) is 0 Å². The minimum Gasteiger partial charge on any atom is -0.385 e. The summed E-state index contributed by atoms with van der Waals surface area (Å²) in [5.41, 5.74) is 3.37. The predicted octanol–water partition coefficient (Wildman–Crippen LogP) is 2.26. The van der Waals surface area contributed by atoms with Gasteiger partial charge in [-0.3, -0.25) is 4.79 Å². The van der Waals surface area contributed by atoms with Gasteiger partial charge in [0.1, 0.15) is 0 Å². The van der Waals surface area contributed by atoms with Gasteiger partial charge in [0.05, 0.1) is 0 Å². The van der Waals surface area contributed by atoms with Gasteiger partial charge in [-0.2, -0.15) is 0 Å². The van der Waals surface area contributed by atoms with Crippen LogP contribution in [0.3, 0.4) is 0 Å². The first-order chi connectivity index (χ1) is 6.81. The van der Waals surface area contributed by atoms with Crippen molar-refractivity contribution in [1.82, 2.24) is 0 Å². The van der Waals surface area contributed by atoms with Crippen molar-refractivity contribution in [3.8, 4) is 0 Å². The van der Waals surface area contributed by atoms with Crippen LogP contribution in [0.15, 0.2) is 24.3 Å². The van der Waals surface area contributed by atoms with E-state index in [0.29, 0.717) is 6.42 Å². The van der Waals surface area contributed by atoms with Crippen LogP contribution in [-0.2, 0) is 11.2 Å². The average Bonchev–Trinajstić information content (AvgIpc) is 2.19. The fourth-order valence-corrected chi connectivity index (χ4v) is 1.73. The molecule has 0 unspecified atom stereocenters. The number of ketones is 1. The Balaban J connectivity index is 2.45. The summed E-state index contributed by atoms with van der Waals surface area (Å²) >= 11 is 0. The Morgan fingerprint density at radius 2 is 2.21 bits per heavy atom. The number of carbonyl (C=O) groups is 1. The molecule has 2 nitrogen and oxygen atoms in total. The number of hydrogen-bond donors (Lipinski definition) is 1. The summed E-state index contributed by atoms with van der Waals surface area (Å²) in [5.74, 6) is 0.183. The van der Waals surface area contributed by atoms with Crippen LogP contribution in [0.5, 0.6) is 0 Å². The van der Waals surface area contributed by atoms with Gasteiger partial charge in [0.2, 0.25) is 0 Å². The first-order valence-corrected chi connectivity index (χ1v) is 4.88. The molecule has 0 aromatic heterocycles. The summed E-state index contributed by atoms with van der Waals surface area (Å²) in [6.45, 7) is 2.94. The zero-order valence-electron chi connectivity index (χ0n) is 8.21. The molecule has 0 aliphatic heterocycles. The van der Waals surface area contributed by atoms with Crippen molar-refractivity contribution in [2.45, 2.75) is 13.3 Å². The minimum absolute atomic E-state index is 0.183. The van der Waals surface area contributed by atoms with Crippen molar-refractivity contribution in [3.05, 3.63) is 35.4 Å². The lowest BCUT2D eigenvalue weighted by atomic mass is 9.95. The lowest BCUT2D eigenvalue weighted by Crippen LogP contribution is -2.09. The summed E-state index contributed by atoms with van der Waals surface area (Å²) < 4.78 is 0. The SMILES string of the molecule is CCNc1cccc2c1CC(=O)C=C2. The first kappa shape index (κ1) is 9.00. The smallest absolute Gasteiger partial charge is 0.160 e. The van der Waals surface area contributed by atoms with Crippen LogP contribution in [0, 0.1) is 0 Å². The van der Waals surface area contributed by atoms with Gasteiger partial charge in [0.15, 0.2) is 5.78 Å². The van der Waals surface area contributed by atoms with Gasteiger partial charge in [0, 0.05) is 18.7 Å². The molecule has 0 saturated heterocycles. The number of nitrogens with one attached hydrogen (secondary N) is 1. The number of rotatable bonds is 2. The van der Waals surface area contributed by atoms with Crippen LogP contribution in [0.4, 0.5) is 5.69 Å². The van der Waals surface area contributed by atoms with Gasteiger partial charge in [-0.1, -0.05) is 18.2 Å². The molecule has 1 aromatic carbocycles. The van der Waals surface area contributed by atoms with Gasteiger partial charge in [-0.25, -0.2) is 0 Å². The Hall–Kier alpha value is -1.57. The van der Waals surface area contributed by atoms with E-state index >= 15 is 0 Å². The number of benzene rings is 1. The Kier molecular flexibility index (Phi) is 2.35. The van der Waals surface area contributed by atoms with E-state index in [-0.39, 0.29) is 5.78 Å². The van der Waals surface area contributed by atoms with Gasteiger partial charge < -0.3 is 5.32 Å². The molecule has 0 atom stereocenters. The van der Waals surface area contributed by atoms with E-state index in [1.165, 1.54) is 0 Å². The summed E-state index contributed by atoms with van der Waals surface area (Å²) in [7, 11) is 0. The molecule has 1 N–H and O–H groups in total. The summed E-state index contributed by atoms with van der Waals surface area (Å²) in [6, 6.07) is 6.07. The van der Waals surface area contributed by atoms with Crippen LogP contribution >= 0.6 is 0 Å². The van der Waals surface area contributed by atoms with Gasteiger partial charge in [-0.05, 0) is 30.2 Å². The highest BCUT2D eigenvalue weighted by atomic mass is 16.1. The van der Waals surface area contributed by atoms with Crippen molar-refractivity contribution in [2.75, 3.05) is 11.9 Å². The Morgan fingerprint density at radius 3 is 3.00 bits per heavy atom. The molecule has 2 rings (SSSR count). The highest BCUT2D eigenvalue weighted by Gasteiger charge is 2.13. The molecular formula is C12H13NO. The number of anilines is 1. The molecular weight excluding hydrogens is 174 g/mol. The van der Waals surface area contributed by atoms with Gasteiger partial charge >= 0.3 is 0 Å². The van der Waals surface area contributed by atoms with E-state index in [1.807, 2.05) is 24.3 Å². The van der Waals surface area contributed by atoms with Crippen LogP contribution in [0.1, 0.15) is 18.1 Å². The second kappa shape index (κ2) is 3.66. The standard InChI is InChI=1S/C12H13NO/c1-2-13-12-5-3-4-9-6-7-10(14)8-11(9)12/h3-7,13H,2,8H2,1H3. The van der Waals surface area contributed by atoms with Crippen LogP contribution in [0.25, 0.3) is 6.08 Å². The fraction of sp³-hybridized carbons (Fsp3) is 0.250. The van der Waals surface area contributed by atoms with Crippen molar-refractivity contribution in [3.63, 3.8) is 0 Å². The molecule has 0 amide bonds. The second-order valence-corrected chi connectivity index (χ2v) is 3.38. The van der Waals surface area contributed by atoms with E-state index in [1.54, 1.807) is 6.08 Å². The minimum atomic E-state index is 0.183. The topological polar surface area (TPSA) is 29.1 Å². The number of carbonyl (C=O) groups excluding carboxylic acids is 1. The summed E-state index contributed by atoms with van der Waals surface area (Å²) in [5, 5.41) is 3.27. The molecule has 0 radical (unpaired) electrons. The highest BCUT2D eigenvalue weighted by molar-refractivity contribution is 5.99. The van der Waals surface area contributed by atoms with Crippen LogP contribution < -0.4 is 5.32 Å². The Bertz CT molecular complexity index is 393. The normalized spacial score (nSPS) is 13.9. The molecule has 2 heteroatoms. The summed E-state index contributed by atoms with van der Waals surface area (Å²) in [6.07, 6.45) is 4.06. The number of allylic oxidation sites excluding steroid dienone is 1. The summed E-state index contributed by atoms with van der Waals surface area (Å²) in [4.78, 5) is 11.3. The number of hydrogen-bond acceptors (Lipinski definition) is 2. The van der Waals surface area contributed by atoms with Crippen molar-refractivity contribution < 1.29 is 4.79 Å². The molecule has 0 bridgehead atoms. The molecule has 72 valence electrons.